The summed E-state index contributed by atoms with van der Waals surface area (Å²) in [5.74, 6) is 0. The topological polar surface area (TPSA) is 42.7 Å². The molecule has 1 N–H and O–H groups in total. The molecule has 0 atom stereocenters. The monoisotopic (exact) mass is 222 g/mol. The van der Waals surface area contributed by atoms with E-state index in [0.29, 0.717) is 0 Å². The van der Waals surface area contributed by atoms with Gasteiger partial charge in [-0.2, -0.15) is 0 Å². The zero-order valence-electron chi connectivity index (χ0n) is 8.68. The maximum atomic E-state index is 4.26. The number of aromatic nitrogens is 3. The Bertz CT molecular complexity index is 393. The van der Waals surface area contributed by atoms with Gasteiger partial charge in [0.15, 0.2) is 0 Å². The van der Waals surface area contributed by atoms with Crippen LogP contribution in [-0.4, -0.2) is 21.1 Å². The summed E-state index contributed by atoms with van der Waals surface area (Å²) in [7, 11) is 0. The Morgan fingerprint density at radius 3 is 3.20 bits per heavy atom. The number of hydrogen-bond donors (Lipinski definition) is 1. The predicted octanol–water partition coefficient (Wildman–Crippen LogP) is 1.50. The molecule has 0 saturated carbocycles. The van der Waals surface area contributed by atoms with Crippen molar-refractivity contribution in [2.24, 2.45) is 0 Å². The van der Waals surface area contributed by atoms with Gasteiger partial charge in [0, 0.05) is 18.1 Å². The normalized spacial score (nSPS) is 10.7. The summed E-state index contributed by atoms with van der Waals surface area (Å²) in [6.07, 6.45) is 3.75. The molecule has 0 spiro atoms. The van der Waals surface area contributed by atoms with Crippen LogP contribution in [0.2, 0.25) is 0 Å². The average Bonchev–Trinajstić information content (AvgIpc) is 2.87. The minimum Gasteiger partial charge on any atom is -0.327 e. The van der Waals surface area contributed by atoms with E-state index in [-0.39, 0.29) is 0 Å². The lowest BCUT2D eigenvalue weighted by atomic mass is 10.4. The highest BCUT2D eigenvalue weighted by Gasteiger charge is 2.02. The molecule has 0 unspecified atom stereocenters. The zero-order valence-corrected chi connectivity index (χ0v) is 9.50. The first-order valence-corrected chi connectivity index (χ1v) is 5.91. The van der Waals surface area contributed by atoms with Crippen molar-refractivity contribution in [1.82, 2.24) is 19.9 Å². The molecule has 80 valence electrons. The fraction of sp³-hybridized carbons (Fsp3) is 0.400. The van der Waals surface area contributed by atoms with Crippen LogP contribution < -0.4 is 5.32 Å². The van der Waals surface area contributed by atoms with Gasteiger partial charge in [-0.1, -0.05) is 6.92 Å². The van der Waals surface area contributed by atoms with Gasteiger partial charge in [0.05, 0.1) is 29.8 Å². The Morgan fingerprint density at radius 2 is 2.47 bits per heavy atom. The SMILES string of the molecule is CCNCc1cncn1Cc1cscn1. The van der Waals surface area contributed by atoms with Crippen molar-refractivity contribution in [2.75, 3.05) is 6.54 Å². The first kappa shape index (κ1) is 10.3. The van der Waals surface area contributed by atoms with Crippen LogP contribution in [0.5, 0.6) is 0 Å². The Morgan fingerprint density at radius 1 is 1.53 bits per heavy atom. The van der Waals surface area contributed by atoms with Crippen molar-refractivity contribution in [3.8, 4) is 0 Å². The second kappa shape index (κ2) is 5.04. The summed E-state index contributed by atoms with van der Waals surface area (Å²) < 4.78 is 2.12. The largest absolute Gasteiger partial charge is 0.327 e. The van der Waals surface area contributed by atoms with Gasteiger partial charge in [-0.05, 0) is 6.54 Å². The van der Waals surface area contributed by atoms with Crippen molar-refractivity contribution < 1.29 is 0 Å². The molecule has 2 aromatic heterocycles. The van der Waals surface area contributed by atoms with E-state index in [4.69, 9.17) is 0 Å². The molecule has 5 heteroatoms. The molecule has 0 aliphatic heterocycles. The van der Waals surface area contributed by atoms with Crippen LogP contribution in [0.4, 0.5) is 0 Å². The van der Waals surface area contributed by atoms with Gasteiger partial charge in [0.1, 0.15) is 0 Å². The summed E-state index contributed by atoms with van der Waals surface area (Å²) in [6, 6.07) is 0. The van der Waals surface area contributed by atoms with E-state index in [9.17, 15) is 0 Å². The van der Waals surface area contributed by atoms with Crippen LogP contribution in [0.3, 0.4) is 0 Å². The standard InChI is InChI=1S/C10H14N4S/c1-2-11-3-10-4-12-7-14(10)5-9-6-15-8-13-9/h4,6-8,11H,2-3,5H2,1H3. The zero-order chi connectivity index (χ0) is 10.5. The molecular formula is C10H14N4S. The van der Waals surface area contributed by atoms with Crippen LogP contribution >= 0.6 is 11.3 Å². The Hall–Kier alpha value is -1.20. The van der Waals surface area contributed by atoms with Gasteiger partial charge in [-0.15, -0.1) is 11.3 Å². The molecule has 0 bridgehead atoms. The Balaban J connectivity index is 2.04. The molecule has 0 saturated heterocycles. The molecule has 0 fully saturated rings. The number of thiazole rings is 1. The first-order chi connectivity index (χ1) is 7.40. The molecule has 2 aromatic rings. The lowest BCUT2D eigenvalue weighted by molar-refractivity contribution is 0.652. The van der Waals surface area contributed by atoms with Gasteiger partial charge in [0.2, 0.25) is 0 Å². The third kappa shape index (κ3) is 2.64. The summed E-state index contributed by atoms with van der Waals surface area (Å²) >= 11 is 1.62. The lowest BCUT2D eigenvalue weighted by Crippen LogP contribution is -2.15. The number of nitrogens with zero attached hydrogens (tertiary/aromatic N) is 3. The van der Waals surface area contributed by atoms with Gasteiger partial charge >= 0.3 is 0 Å². The molecular weight excluding hydrogens is 208 g/mol. The number of rotatable bonds is 5. The van der Waals surface area contributed by atoms with E-state index in [2.05, 4.69) is 32.2 Å². The van der Waals surface area contributed by atoms with Crippen molar-refractivity contribution in [3.63, 3.8) is 0 Å². The summed E-state index contributed by atoms with van der Waals surface area (Å²) in [6.45, 7) is 4.74. The minimum absolute atomic E-state index is 0.810. The van der Waals surface area contributed by atoms with Crippen LogP contribution in [0, 0.1) is 0 Å². The predicted molar refractivity (Wildman–Crippen MR) is 60.8 cm³/mol. The van der Waals surface area contributed by atoms with E-state index in [1.54, 1.807) is 11.3 Å². The second-order valence-electron chi connectivity index (χ2n) is 3.27. The second-order valence-corrected chi connectivity index (χ2v) is 3.99. The highest BCUT2D eigenvalue weighted by Crippen LogP contribution is 2.06. The molecule has 0 aliphatic carbocycles. The van der Waals surface area contributed by atoms with Crippen molar-refractivity contribution >= 4 is 11.3 Å². The summed E-state index contributed by atoms with van der Waals surface area (Å²) in [5.41, 5.74) is 4.15. The van der Waals surface area contributed by atoms with Crippen molar-refractivity contribution in [2.45, 2.75) is 20.0 Å². The smallest absolute Gasteiger partial charge is 0.0952 e. The molecule has 2 heterocycles. The highest BCUT2D eigenvalue weighted by molar-refractivity contribution is 7.07. The third-order valence-corrected chi connectivity index (χ3v) is 2.81. The third-order valence-electron chi connectivity index (χ3n) is 2.17. The molecule has 0 aromatic carbocycles. The van der Waals surface area contributed by atoms with E-state index in [1.165, 1.54) is 5.69 Å². The Kier molecular flexibility index (Phi) is 3.47. The number of hydrogen-bond acceptors (Lipinski definition) is 4. The number of nitrogens with one attached hydrogen (secondary N) is 1. The molecule has 0 radical (unpaired) electrons. The van der Waals surface area contributed by atoms with E-state index >= 15 is 0 Å². The fourth-order valence-electron chi connectivity index (χ4n) is 1.38. The van der Waals surface area contributed by atoms with Gasteiger partial charge in [-0.25, -0.2) is 9.97 Å². The molecule has 0 amide bonds. The van der Waals surface area contributed by atoms with Crippen LogP contribution in [0.25, 0.3) is 0 Å². The number of imidazole rings is 1. The van der Waals surface area contributed by atoms with E-state index < -0.39 is 0 Å². The van der Waals surface area contributed by atoms with E-state index in [1.807, 2.05) is 18.0 Å². The van der Waals surface area contributed by atoms with Gasteiger partial charge in [0.25, 0.3) is 0 Å². The van der Waals surface area contributed by atoms with Crippen LogP contribution in [0.1, 0.15) is 18.3 Å². The first-order valence-electron chi connectivity index (χ1n) is 4.97. The minimum atomic E-state index is 0.810. The Labute approximate surface area is 93.0 Å². The quantitative estimate of drug-likeness (QED) is 0.833. The van der Waals surface area contributed by atoms with Crippen LogP contribution in [0.15, 0.2) is 23.4 Å². The van der Waals surface area contributed by atoms with Gasteiger partial charge in [-0.3, -0.25) is 0 Å². The fourth-order valence-corrected chi connectivity index (χ4v) is 1.93. The average molecular weight is 222 g/mol. The van der Waals surface area contributed by atoms with Crippen molar-refractivity contribution in [3.05, 3.63) is 34.8 Å². The maximum absolute atomic E-state index is 4.26. The molecule has 4 nitrogen and oxygen atoms in total. The summed E-state index contributed by atoms with van der Waals surface area (Å²) in [5, 5.41) is 5.36. The molecule has 15 heavy (non-hydrogen) atoms. The molecule has 2 rings (SSSR count). The summed E-state index contributed by atoms with van der Waals surface area (Å²) in [4.78, 5) is 8.42. The van der Waals surface area contributed by atoms with E-state index in [0.717, 1.165) is 25.3 Å². The van der Waals surface area contributed by atoms with Crippen molar-refractivity contribution in [1.29, 1.82) is 0 Å². The molecule has 0 aliphatic rings. The van der Waals surface area contributed by atoms with Crippen LogP contribution in [-0.2, 0) is 13.1 Å². The highest BCUT2D eigenvalue weighted by atomic mass is 32.1. The lowest BCUT2D eigenvalue weighted by Gasteiger charge is -2.06. The van der Waals surface area contributed by atoms with Gasteiger partial charge < -0.3 is 9.88 Å². The maximum Gasteiger partial charge on any atom is 0.0952 e.